The van der Waals surface area contributed by atoms with Gasteiger partial charge in [0.1, 0.15) is 0 Å². The molecular formula is C18H20N2O. The molecule has 0 spiro atoms. The number of benzene rings is 2. The summed E-state index contributed by atoms with van der Waals surface area (Å²) in [5.74, 6) is 0.586. The van der Waals surface area contributed by atoms with Crippen molar-refractivity contribution in [1.82, 2.24) is 0 Å². The number of nitrogens with zero attached hydrogens (tertiary/aromatic N) is 1. The highest BCUT2D eigenvalue weighted by Gasteiger charge is 2.24. The van der Waals surface area contributed by atoms with E-state index in [0.29, 0.717) is 17.2 Å². The van der Waals surface area contributed by atoms with Crippen LogP contribution in [0.25, 0.3) is 0 Å². The van der Waals surface area contributed by atoms with E-state index in [9.17, 15) is 4.79 Å². The molecule has 0 amide bonds. The Morgan fingerprint density at radius 2 is 1.95 bits per heavy atom. The lowest BCUT2D eigenvalue weighted by Gasteiger charge is -2.20. The molecule has 108 valence electrons. The Labute approximate surface area is 125 Å². The third-order valence-corrected chi connectivity index (χ3v) is 4.24. The van der Waals surface area contributed by atoms with E-state index in [1.165, 1.54) is 5.56 Å². The van der Waals surface area contributed by atoms with Gasteiger partial charge in [-0.3, -0.25) is 4.79 Å². The van der Waals surface area contributed by atoms with E-state index in [-0.39, 0.29) is 5.78 Å². The Morgan fingerprint density at radius 1 is 1.19 bits per heavy atom. The van der Waals surface area contributed by atoms with Crippen LogP contribution in [0.3, 0.4) is 0 Å². The average molecular weight is 280 g/mol. The van der Waals surface area contributed by atoms with Crippen LogP contribution in [0.2, 0.25) is 0 Å². The van der Waals surface area contributed by atoms with Crippen LogP contribution in [-0.2, 0) is 0 Å². The number of carbonyl (C=O) groups excluding carboxylic acids is 1. The summed E-state index contributed by atoms with van der Waals surface area (Å²) < 4.78 is 0. The van der Waals surface area contributed by atoms with E-state index in [2.05, 4.69) is 35.2 Å². The fraction of sp³-hybridized carbons (Fsp3) is 0.278. The van der Waals surface area contributed by atoms with Gasteiger partial charge in [0.2, 0.25) is 0 Å². The van der Waals surface area contributed by atoms with E-state index in [4.69, 9.17) is 5.73 Å². The highest BCUT2D eigenvalue weighted by Crippen LogP contribution is 2.32. The SMILES string of the molecule is CC(=O)c1ccc(N2CCC(c3ccccc3)C2)cc1N. The van der Waals surface area contributed by atoms with Crippen molar-refractivity contribution >= 4 is 17.2 Å². The highest BCUT2D eigenvalue weighted by molar-refractivity contribution is 5.99. The number of hydrogen-bond acceptors (Lipinski definition) is 3. The Hall–Kier alpha value is -2.29. The molecule has 0 saturated carbocycles. The zero-order chi connectivity index (χ0) is 14.8. The largest absolute Gasteiger partial charge is 0.398 e. The summed E-state index contributed by atoms with van der Waals surface area (Å²) in [6, 6.07) is 16.4. The molecule has 0 radical (unpaired) electrons. The fourth-order valence-electron chi connectivity index (χ4n) is 3.06. The minimum atomic E-state index is 0.0163. The molecule has 3 rings (SSSR count). The summed E-state index contributed by atoms with van der Waals surface area (Å²) in [7, 11) is 0. The maximum atomic E-state index is 11.4. The lowest BCUT2D eigenvalue weighted by Crippen LogP contribution is -2.19. The molecule has 0 aromatic heterocycles. The molecule has 1 atom stereocenters. The number of hydrogen-bond donors (Lipinski definition) is 1. The zero-order valence-corrected chi connectivity index (χ0v) is 12.3. The molecule has 2 aromatic carbocycles. The first-order valence-corrected chi connectivity index (χ1v) is 7.35. The fourth-order valence-corrected chi connectivity index (χ4v) is 3.06. The van der Waals surface area contributed by atoms with Crippen molar-refractivity contribution in [3.05, 3.63) is 59.7 Å². The second kappa shape index (κ2) is 5.60. The van der Waals surface area contributed by atoms with Crippen molar-refractivity contribution in [2.24, 2.45) is 0 Å². The molecule has 2 N–H and O–H groups in total. The Balaban J connectivity index is 1.77. The van der Waals surface area contributed by atoms with Crippen LogP contribution in [0, 0.1) is 0 Å². The molecule has 1 unspecified atom stereocenters. The number of carbonyl (C=O) groups is 1. The normalized spacial score (nSPS) is 18.0. The Morgan fingerprint density at radius 3 is 2.62 bits per heavy atom. The van der Waals surface area contributed by atoms with Gasteiger partial charge in [-0.05, 0) is 37.1 Å². The molecular weight excluding hydrogens is 260 g/mol. The molecule has 1 heterocycles. The monoisotopic (exact) mass is 280 g/mol. The van der Waals surface area contributed by atoms with E-state index in [1.54, 1.807) is 6.92 Å². The van der Waals surface area contributed by atoms with Gasteiger partial charge in [-0.1, -0.05) is 30.3 Å². The average Bonchev–Trinajstić information content (AvgIpc) is 2.97. The van der Waals surface area contributed by atoms with Crippen LogP contribution in [0.5, 0.6) is 0 Å². The van der Waals surface area contributed by atoms with Gasteiger partial charge in [-0.2, -0.15) is 0 Å². The molecule has 2 aromatic rings. The predicted octanol–water partition coefficient (Wildman–Crippen LogP) is 3.47. The van der Waals surface area contributed by atoms with Crippen LogP contribution in [0.15, 0.2) is 48.5 Å². The molecule has 1 aliphatic heterocycles. The quantitative estimate of drug-likeness (QED) is 0.691. The number of rotatable bonds is 3. The van der Waals surface area contributed by atoms with E-state index in [0.717, 1.165) is 25.2 Å². The van der Waals surface area contributed by atoms with Crippen LogP contribution in [0.4, 0.5) is 11.4 Å². The number of nitrogens with two attached hydrogens (primary N) is 1. The molecule has 1 aliphatic rings. The molecule has 0 aliphatic carbocycles. The van der Waals surface area contributed by atoms with Gasteiger partial charge in [-0.25, -0.2) is 0 Å². The lowest BCUT2D eigenvalue weighted by atomic mass is 9.99. The topological polar surface area (TPSA) is 46.3 Å². The summed E-state index contributed by atoms with van der Waals surface area (Å²) in [5, 5.41) is 0. The molecule has 0 bridgehead atoms. The molecule has 3 heteroatoms. The zero-order valence-electron chi connectivity index (χ0n) is 12.3. The van der Waals surface area contributed by atoms with Gasteiger partial charge in [0.25, 0.3) is 0 Å². The first-order chi connectivity index (χ1) is 10.1. The van der Waals surface area contributed by atoms with Gasteiger partial charge in [0.15, 0.2) is 5.78 Å². The summed E-state index contributed by atoms with van der Waals surface area (Å²) in [6.07, 6.45) is 1.15. The number of nitrogen functional groups attached to an aromatic ring is 1. The molecule has 21 heavy (non-hydrogen) atoms. The second-order valence-corrected chi connectivity index (χ2v) is 5.67. The highest BCUT2D eigenvalue weighted by atomic mass is 16.1. The molecule has 1 fully saturated rings. The van der Waals surface area contributed by atoms with Crippen molar-refractivity contribution in [3.63, 3.8) is 0 Å². The van der Waals surface area contributed by atoms with Crippen LogP contribution in [0.1, 0.15) is 35.2 Å². The lowest BCUT2D eigenvalue weighted by molar-refractivity contribution is 0.101. The third kappa shape index (κ3) is 2.77. The van der Waals surface area contributed by atoms with Crippen molar-refractivity contribution in [2.45, 2.75) is 19.3 Å². The van der Waals surface area contributed by atoms with Crippen molar-refractivity contribution in [2.75, 3.05) is 23.7 Å². The number of ketones is 1. The van der Waals surface area contributed by atoms with Gasteiger partial charge < -0.3 is 10.6 Å². The summed E-state index contributed by atoms with van der Waals surface area (Å²) in [6.45, 7) is 3.58. The summed E-state index contributed by atoms with van der Waals surface area (Å²) in [5.41, 5.74) is 9.67. The summed E-state index contributed by atoms with van der Waals surface area (Å²) in [4.78, 5) is 13.8. The number of Topliss-reactive ketones (excluding diaryl/α,β-unsaturated/α-hetero) is 1. The molecule has 1 saturated heterocycles. The van der Waals surface area contributed by atoms with E-state index < -0.39 is 0 Å². The standard InChI is InChI=1S/C18H20N2O/c1-13(21)17-8-7-16(11-18(17)19)20-10-9-15(12-20)14-5-3-2-4-6-14/h2-8,11,15H,9-10,12,19H2,1H3. The molecule has 3 nitrogen and oxygen atoms in total. The predicted molar refractivity (Wildman–Crippen MR) is 86.9 cm³/mol. The minimum Gasteiger partial charge on any atom is -0.398 e. The first-order valence-electron chi connectivity index (χ1n) is 7.35. The maximum absolute atomic E-state index is 11.4. The summed E-state index contributed by atoms with van der Waals surface area (Å²) >= 11 is 0. The third-order valence-electron chi connectivity index (χ3n) is 4.24. The minimum absolute atomic E-state index is 0.0163. The van der Waals surface area contributed by atoms with Crippen molar-refractivity contribution < 1.29 is 4.79 Å². The van der Waals surface area contributed by atoms with Gasteiger partial charge in [0.05, 0.1) is 0 Å². The van der Waals surface area contributed by atoms with Crippen LogP contribution < -0.4 is 10.6 Å². The van der Waals surface area contributed by atoms with Gasteiger partial charge in [0, 0.05) is 35.9 Å². The van der Waals surface area contributed by atoms with E-state index >= 15 is 0 Å². The van der Waals surface area contributed by atoms with Crippen molar-refractivity contribution in [1.29, 1.82) is 0 Å². The van der Waals surface area contributed by atoms with Crippen LogP contribution in [-0.4, -0.2) is 18.9 Å². The Kier molecular flexibility index (Phi) is 3.65. The maximum Gasteiger partial charge on any atom is 0.161 e. The van der Waals surface area contributed by atoms with Crippen LogP contribution >= 0.6 is 0 Å². The van der Waals surface area contributed by atoms with Gasteiger partial charge >= 0.3 is 0 Å². The van der Waals surface area contributed by atoms with E-state index in [1.807, 2.05) is 18.2 Å². The van der Waals surface area contributed by atoms with Crippen molar-refractivity contribution in [3.8, 4) is 0 Å². The number of anilines is 2. The second-order valence-electron chi connectivity index (χ2n) is 5.67. The smallest absolute Gasteiger partial charge is 0.161 e. The Bertz CT molecular complexity index is 652. The first kappa shape index (κ1) is 13.7. The van der Waals surface area contributed by atoms with Gasteiger partial charge in [-0.15, -0.1) is 0 Å².